The number of hydrogen-bond donors (Lipinski definition) is 1. The minimum absolute atomic E-state index is 0.185. The minimum Gasteiger partial charge on any atom is -0.398 e. The molecule has 0 bridgehead atoms. The number of halogens is 1. The van der Waals surface area contributed by atoms with E-state index in [0.29, 0.717) is 36.0 Å². The third-order valence-electron chi connectivity index (χ3n) is 2.59. The Balaban J connectivity index is 2.84. The van der Waals surface area contributed by atoms with Gasteiger partial charge in [0.15, 0.2) is 0 Å². The van der Waals surface area contributed by atoms with Crippen molar-refractivity contribution in [1.82, 2.24) is 4.90 Å². The number of carbonyl (C=O) groups is 1. The van der Waals surface area contributed by atoms with Crippen LogP contribution in [0.3, 0.4) is 0 Å². The smallest absolute Gasteiger partial charge is 0.254 e. The van der Waals surface area contributed by atoms with Gasteiger partial charge in [0.2, 0.25) is 0 Å². The second-order valence-corrected chi connectivity index (χ2v) is 4.34. The molecule has 1 rings (SSSR count). The normalized spacial score (nSPS) is 9.95. The van der Waals surface area contributed by atoms with Crippen LogP contribution < -0.4 is 5.73 Å². The zero-order chi connectivity index (χ0) is 14.3. The summed E-state index contributed by atoms with van der Waals surface area (Å²) in [6, 6.07) is 6.76. The monoisotopic (exact) mass is 281 g/mol. The molecule has 102 valence electrons. The van der Waals surface area contributed by atoms with Crippen molar-refractivity contribution in [2.45, 2.75) is 6.42 Å². The lowest BCUT2D eigenvalue weighted by molar-refractivity contribution is 0.0700. The Hall–Kier alpha value is -1.77. The molecule has 1 amide bonds. The van der Waals surface area contributed by atoms with Gasteiger partial charge in [0.1, 0.15) is 0 Å². The van der Waals surface area contributed by atoms with E-state index in [4.69, 9.17) is 27.3 Å². The molecule has 0 aliphatic heterocycles. The average Bonchev–Trinajstić information content (AvgIpc) is 2.41. The Labute approximate surface area is 117 Å². The molecule has 0 aliphatic carbocycles. The molecule has 0 saturated carbocycles. The molecule has 0 radical (unpaired) electrons. The van der Waals surface area contributed by atoms with Crippen LogP contribution in [0, 0.1) is 11.3 Å². The van der Waals surface area contributed by atoms with E-state index in [2.05, 4.69) is 0 Å². The molecule has 6 heteroatoms. The van der Waals surface area contributed by atoms with Gasteiger partial charge in [-0.05, 0) is 18.2 Å². The molecule has 0 unspecified atom stereocenters. The molecular weight excluding hydrogens is 266 g/mol. The molecule has 1 aromatic rings. The summed E-state index contributed by atoms with van der Waals surface area (Å²) in [7, 11) is 1.56. The number of hydrogen-bond acceptors (Lipinski definition) is 4. The lowest BCUT2D eigenvalue weighted by Crippen LogP contribution is -2.34. The van der Waals surface area contributed by atoms with E-state index in [0.717, 1.165) is 0 Å². The van der Waals surface area contributed by atoms with Crippen LogP contribution in [0.4, 0.5) is 5.69 Å². The number of nitrogens with zero attached hydrogens (tertiary/aromatic N) is 2. The highest BCUT2D eigenvalue weighted by atomic mass is 35.5. The van der Waals surface area contributed by atoms with Crippen LogP contribution in [0.1, 0.15) is 16.8 Å². The Morgan fingerprint density at radius 1 is 1.53 bits per heavy atom. The summed E-state index contributed by atoms with van der Waals surface area (Å²) in [6.45, 7) is 1.21. The van der Waals surface area contributed by atoms with E-state index in [1.54, 1.807) is 24.1 Å². The van der Waals surface area contributed by atoms with E-state index in [9.17, 15) is 4.79 Å². The molecule has 0 atom stereocenters. The van der Waals surface area contributed by atoms with Crippen molar-refractivity contribution in [2.75, 3.05) is 32.5 Å². The van der Waals surface area contributed by atoms with E-state index in [1.807, 2.05) is 6.07 Å². The number of rotatable bonds is 6. The first-order chi connectivity index (χ1) is 9.10. The van der Waals surface area contributed by atoms with Crippen LogP contribution in [-0.2, 0) is 4.74 Å². The number of nitrogen functional groups attached to an aromatic ring is 1. The van der Waals surface area contributed by atoms with Crippen LogP contribution >= 0.6 is 11.6 Å². The Morgan fingerprint density at radius 2 is 2.26 bits per heavy atom. The van der Waals surface area contributed by atoms with Gasteiger partial charge < -0.3 is 15.4 Å². The van der Waals surface area contributed by atoms with Gasteiger partial charge in [-0.25, -0.2) is 0 Å². The Bertz CT molecular complexity index is 485. The number of nitriles is 1. The third-order valence-corrected chi connectivity index (χ3v) is 2.93. The molecule has 2 N–H and O–H groups in total. The van der Waals surface area contributed by atoms with Gasteiger partial charge in [0, 0.05) is 25.8 Å². The van der Waals surface area contributed by atoms with Gasteiger partial charge in [0.05, 0.1) is 29.8 Å². The van der Waals surface area contributed by atoms with Gasteiger partial charge in [-0.15, -0.1) is 0 Å². The molecule has 5 nitrogen and oxygen atoms in total. The lowest BCUT2D eigenvalue weighted by Gasteiger charge is -2.21. The first-order valence-electron chi connectivity index (χ1n) is 5.80. The molecule has 0 spiro atoms. The van der Waals surface area contributed by atoms with E-state index in [-0.39, 0.29) is 12.3 Å². The zero-order valence-corrected chi connectivity index (χ0v) is 11.5. The van der Waals surface area contributed by atoms with Crippen molar-refractivity contribution >= 4 is 23.2 Å². The summed E-state index contributed by atoms with van der Waals surface area (Å²) in [5, 5.41) is 9.03. The number of carbonyl (C=O) groups excluding carboxylic acids is 1. The molecule has 0 fully saturated rings. The maximum absolute atomic E-state index is 12.3. The van der Waals surface area contributed by atoms with Crippen molar-refractivity contribution in [3.63, 3.8) is 0 Å². The van der Waals surface area contributed by atoms with Crippen LogP contribution in [-0.4, -0.2) is 37.6 Å². The van der Waals surface area contributed by atoms with Crippen molar-refractivity contribution in [3.8, 4) is 6.07 Å². The second-order valence-electron chi connectivity index (χ2n) is 3.93. The predicted octanol–water partition coefficient (Wildman–Crippen LogP) is 1.92. The van der Waals surface area contributed by atoms with Gasteiger partial charge >= 0.3 is 0 Å². The standard InChI is InChI=1S/C13H16ClN3O2/c1-19-8-7-17(6-2-5-15)13(18)10-3-4-11(14)12(16)9-10/h3-4,9H,2,6-8,16H2,1H3. The zero-order valence-electron chi connectivity index (χ0n) is 10.7. The summed E-state index contributed by atoms with van der Waals surface area (Å²) < 4.78 is 4.96. The molecule has 0 heterocycles. The maximum Gasteiger partial charge on any atom is 0.254 e. The van der Waals surface area contributed by atoms with Crippen molar-refractivity contribution in [3.05, 3.63) is 28.8 Å². The fraction of sp³-hybridized carbons (Fsp3) is 0.385. The number of benzene rings is 1. The summed E-state index contributed by atoms with van der Waals surface area (Å²) in [5.74, 6) is -0.185. The van der Waals surface area contributed by atoms with Crippen LogP contribution in [0.25, 0.3) is 0 Å². The van der Waals surface area contributed by atoms with Gasteiger partial charge in [0.25, 0.3) is 5.91 Å². The molecular formula is C13H16ClN3O2. The minimum atomic E-state index is -0.185. The van der Waals surface area contributed by atoms with Crippen molar-refractivity contribution in [2.24, 2.45) is 0 Å². The number of methoxy groups -OCH3 is 1. The highest BCUT2D eigenvalue weighted by Crippen LogP contribution is 2.20. The molecule has 1 aromatic carbocycles. The average molecular weight is 282 g/mol. The summed E-state index contributed by atoms with van der Waals surface area (Å²) in [6.07, 6.45) is 0.276. The first-order valence-corrected chi connectivity index (χ1v) is 6.18. The number of ether oxygens (including phenoxy) is 1. The third kappa shape index (κ3) is 4.43. The van der Waals surface area contributed by atoms with Crippen LogP contribution in [0.5, 0.6) is 0 Å². The van der Waals surface area contributed by atoms with E-state index < -0.39 is 0 Å². The van der Waals surface area contributed by atoms with E-state index in [1.165, 1.54) is 6.07 Å². The maximum atomic E-state index is 12.3. The molecule has 0 saturated heterocycles. The highest BCUT2D eigenvalue weighted by molar-refractivity contribution is 6.33. The first kappa shape index (κ1) is 15.3. The molecule has 0 aliphatic rings. The largest absolute Gasteiger partial charge is 0.398 e. The fourth-order valence-electron chi connectivity index (χ4n) is 1.56. The Kier molecular flexibility index (Phi) is 6.13. The quantitative estimate of drug-likeness (QED) is 0.808. The predicted molar refractivity (Wildman–Crippen MR) is 73.9 cm³/mol. The molecule has 19 heavy (non-hydrogen) atoms. The highest BCUT2D eigenvalue weighted by Gasteiger charge is 2.16. The number of nitrogens with two attached hydrogens (primary N) is 1. The van der Waals surface area contributed by atoms with Crippen molar-refractivity contribution < 1.29 is 9.53 Å². The van der Waals surface area contributed by atoms with Crippen LogP contribution in [0.2, 0.25) is 5.02 Å². The number of amides is 1. The topological polar surface area (TPSA) is 79.3 Å². The number of anilines is 1. The van der Waals surface area contributed by atoms with Crippen LogP contribution in [0.15, 0.2) is 18.2 Å². The van der Waals surface area contributed by atoms with E-state index >= 15 is 0 Å². The summed E-state index contributed by atoms with van der Waals surface area (Å²) >= 11 is 5.82. The van der Waals surface area contributed by atoms with Gasteiger partial charge in [-0.2, -0.15) is 5.26 Å². The molecule has 0 aromatic heterocycles. The second kappa shape index (κ2) is 7.62. The van der Waals surface area contributed by atoms with Gasteiger partial charge in [-0.1, -0.05) is 11.6 Å². The lowest BCUT2D eigenvalue weighted by atomic mass is 10.1. The van der Waals surface area contributed by atoms with Gasteiger partial charge in [-0.3, -0.25) is 4.79 Å². The summed E-state index contributed by atoms with van der Waals surface area (Å²) in [4.78, 5) is 13.8. The fourth-order valence-corrected chi connectivity index (χ4v) is 1.68. The Morgan fingerprint density at radius 3 is 2.84 bits per heavy atom. The summed E-state index contributed by atoms with van der Waals surface area (Å²) in [5.41, 5.74) is 6.49. The van der Waals surface area contributed by atoms with Crippen molar-refractivity contribution in [1.29, 1.82) is 5.26 Å². The SMILES string of the molecule is COCCN(CCC#N)C(=O)c1ccc(Cl)c(N)c1.